The number of rotatable bonds is 0. The molecule has 1 saturated heterocycles. The van der Waals surface area contributed by atoms with Crippen molar-refractivity contribution >= 4 is 23.1 Å². The predicted molar refractivity (Wildman–Crippen MR) is 64.5 cm³/mol. The van der Waals surface area contributed by atoms with Crippen LogP contribution in [-0.4, -0.2) is 36.6 Å². The van der Waals surface area contributed by atoms with Gasteiger partial charge in [0.15, 0.2) is 0 Å². The molecule has 2 aliphatic rings. The van der Waals surface area contributed by atoms with Gasteiger partial charge >= 0.3 is 0 Å². The van der Waals surface area contributed by atoms with Gasteiger partial charge in [-0.1, -0.05) is 11.6 Å². The molecule has 17 heavy (non-hydrogen) atoms. The SMILES string of the molecule is O=C1Cc2ncc(Cl)cc2N2CCOCC2C1. The molecule has 1 fully saturated rings. The molecule has 90 valence electrons. The van der Waals surface area contributed by atoms with E-state index in [1.807, 2.05) is 6.07 Å². The Hall–Kier alpha value is -1.13. The van der Waals surface area contributed by atoms with Crippen molar-refractivity contribution in [1.82, 2.24) is 4.98 Å². The first-order valence-corrected chi connectivity index (χ1v) is 6.12. The number of hydrogen-bond acceptors (Lipinski definition) is 4. The van der Waals surface area contributed by atoms with Crippen molar-refractivity contribution in [3.63, 3.8) is 0 Å². The molecule has 3 heterocycles. The number of carbonyl (C=O) groups is 1. The molecular formula is C12H13ClN2O2. The summed E-state index contributed by atoms with van der Waals surface area (Å²) in [5, 5.41) is 0.614. The monoisotopic (exact) mass is 252 g/mol. The molecule has 1 aromatic heterocycles. The highest BCUT2D eigenvalue weighted by Crippen LogP contribution is 2.30. The van der Waals surface area contributed by atoms with Crippen molar-refractivity contribution in [2.24, 2.45) is 0 Å². The summed E-state index contributed by atoms with van der Waals surface area (Å²) < 4.78 is 5.44. The number of Topliss-reactive ketones (excluding diaryl/α,β-unsaturated/α-hetero) is 1. The van der Waals surface area contributed by atoms with Crippen LogP contribution >= 0.6 is 11.6 Å². The smallest absolute Gasteiger partial charge is 0.141 e. The number of fused-ring (bicyclic) bond motifs is 3. The minimum atomic E-state index is 0.137. The quantitative estimate of drug-likeness (QED) is 0.701. The Kier molecular flexibility index (Phi) is 2.76. The topological polar surface area (TPSA) is 42.4 Å². The van der Waals surface area contributed by atoms with Gasteiger partial charge in [0, 0.05) is 19.2 Å². The average Bonchev–Trinajstić information content (AvgIpc) is 2.45. The summed E-state index contributed by atoms with van der Waals surface area (Å²) >= 11 is 5.99. The van der Waals surface area contributed by atoms with Gasteiger partial charge in [0.1, 0.15) is 5.78 Å². The minimum Gasteiger partial charge on any atom is -0.377 e. The molecular weight excluding hydrogens is 240 g/mol. The Morgan fingerprint density at radius 1 is 1.53 bits per heavy atom. The van der Waals surface area contributed by atoms with Crippen LogP contribution in [0.3, 0.4) is 0 Å². The molecule has 5 heteroatoms. The lowest BCUT2D eigenvalue weighted by molar-refractivity contribution is -0.119. The number of ether oxygens (including phenoxy) is 1. The molecule has 0 N–H and O–H groups in total. The second kappa shape index (κ2) is 4.27. The Balaban J connectivity index is 2.07. The van der Waals surface area contributed by atoms with Crippen LogP contribution in [0.2, 0.25) is 5.02 Å². The Morgan fingerprint density at radius 3 is 3.29 bits per heavy atom. The third-order valence-corrected chi connectivity index (χ3v) is 3.49. The molecule has 0 amide bonds. The minimum absolute atomic E-state index is 0.137. The summed E-state index contributed by atoms with van der Waals surface area (Å²) in [6.07, 6.45) is 2.54. The molecule has 1 atom stereocenters. The van der Waals surface area contributed by atoms with Crippen LogP contribution in [0.4, 0.5) is 5.69 Å². The molecule has 0 spiro atoms. The second-order valence-corrected chi connectivity index (χ2v) is 4.90. The molecule has 0 aliphatic carbocycles. The number of nitrogens with zero attached hydrogens (tertiary/aromatic N) is 2. The van der Waals surface area contributed by atoms with E-state index in [1.165, 1.54) is 0 Å². The highest BCUT2D eigenvalue weighted by atomic mass is 35.5. The highest BCUT2D eigenvalue weighted by molar-refractivity contribution is 6.30. The zero-order valence-electron chi connectivity index (χ0n) is 9.36. The Morgan fingerprint density at radius 2 is 2.41 bits per heavy atom. The number of ketones is 1. The third-order valence-electron chi connectivity index (χ3n) is 3.28. The van der Waals surface area contributed by atoms with E-state index >= 15 is 0 Å². The summed E-state index contributed by atoms with van der Waals surface area (Å²) in [6.45, 7) is 2.10. The van der Waals surface area contributed by atoms with Crippen molar-refractivity contribution in [3.8, 4) is 0 Å². The van der Waals surface area contributed by atoms with Crippen LogP contribution in [0.1, 0.15) is 12.1 Å². The molecule has 0 aromatic carbocycles. The van der Waals surface area contributed by atoms with Gasteiger partial charge in [0.05, 0.1) is 42.1 Å². The van der Waals surface area contributed by atoms with Gasteiger partial charge < -0.3 is 9.64 Å². The zero-order valence-corrected chi connectivity index (χ0v) is 10.1. The Labute approximate surface area is 105 Å². The molecule has 3 rings (SSSR count). The van der Waals surface area contributed by atoms with Crippen molar-refractivity contribution < 1.29 is 9.53 Å². The van der Waals surface area contributed by atoms with Crippen LogP contribution in [0.25, 0.3) is 0 Å². The van der Waals surface area contributed by atoms with E-state index < -0.39 is 0 Å². The molecule has 2 aliphatic heterocycles. The summed E-state index contributed by atoms with van der Waals surface area (Å²) in [5.41, 5.74) is 1.83. The molecule has 1 unspecified atom stereocenters. The molecule has 0 saturated carbocycles. The summed E-state index contributed by atoms with van der Waals surface area (Å²) in [7, 11) is 0. The average molecular weight is 253 g/mol. The van der Waals surface area contributed by atoms with Gasteiger partial charge in [-0.2, -0.15) is 0 Å². The number of morpholine rings is 1. The molecule has 0 radical (unpaired) electrons. The number of carbonyl (C=O) groups excluding carboxylic acids is 1. The van der Waals surface area contributed by atoms with E-state index in [4.69, 9.17) is 16.3 Å². The lowest BCUT2D eigenvalue weighted by Gasteiger charge is -2.36. The highest BCUT2D eigenvalue weighted by Gasteiger charge is 2.31. The zero-order chi connectivity index (χ0) is 11.8. The van der Waals surface area contributed by atoms with E-state index in [0.29, 0.717) is 31.1 Å². The van der Waals surface area contributed by atoms with Gasteiger partial charge in [0.2, 0.25) is 0 Å². The maximum absolute atomic E-state index is 11.8. The van der Waals surface area contributed by atoms with Gasteiger partial charge in [-0.25, -0.2) is 0 Å². The molecule has 1 aromatic rings. The van der Waals surface area contributed by atoms with Crippen LogP contribution in [0, 0.1) is 0 Å². The molecule has 4 nitrogen and oxygen atoms in total. The number of anilines is 1. The fourth-order valence-corrected chi connectivity index (χ4v) is 2.66. The molecule has 0 bridgehead atoms. The Bertz CT molecular complexity index is 464. The first kappa shape index (κ1) is 11.0. The van der Waals surface area contributed by atoms with E-state index in [-0.39, 0.29) is 11.8 Å². The second-order valence-electron chi connectivity index (χ2n) is 4.46. The predicted octanol–water partition coefficient (Wildman–Crippen LogP) is 1.46. The normalized spacial score (nSPS) is 23.9. The van der Waals surface area contributed by atoms with Crippen molar-refractivity contribution in [1.29, 1.82) is 0 Å². The fraction of sp³-hybridized carbons (Fsp3) is 0.500. The first-order chi connectivity index (χ1) is 8.24. The number of hydrogen-bond donors (Lipinski definition) is 0. The summed E-state index contributed by atoms with van der Waals surface area (Å²) in [6, 6.07) is 2.04. The first-order valence-electron chi connectivity index (χ1n) is 5.74. The lowest BCUT2D eigenvalue weighted by atomic mass is 10.1. The fourth-order valence-electron chi connectivity index (χ4n) is 2.50. The van der Waals surface area contributed by atoms with Gasteiger partial charge in [-0.05, 0) is 6.07 Å². The number of aromatic nitrogens is 1. The van der Waals surface area contributed by atoms with E-state index in [9.17, 15) is 4.79 Å². The van der Waals surface area contributed by atoms with Crippen LogP contribution in [0.15, 0.2) is 12.3 Å². The summed E-state index contributed by atoms with van der Waals surface area (Å²) in [4.78, 5) is 18.3. The van der Waals surface area contributed by atoms with E-state index in [0.717, 1.165) is 17.9 Å². The largest absolute Gasteiger partial charge is 0.377 e. The maximum atomic E-state index is 11.8. The maximum Gasteiger partial charge on any atom is 0.141 e. The summed E-state index contributed by atoms with van der Waals surface area (Å²) in [5.74, 6) is 0.221. The van der Waals surface area contributed by atoms with Gasteiger partial charge in [-0.15, -0.1) is 0 Å². The number of pyridine rings is 1. The van der Waals surface area contributed by atoms with Gasteiger partial charge in [-0.3, -0.25) is 9.78 Å². The van der Waals surface area contributed by atoms with E-state index in [1.54, 1.807) is 6.20 Å². The van der Waals surface area contributed by atoms with Crippen molar-refractivity contribution in [2.45, 2.75) is 18.9 Å². The van der Waals surface area contributed by atoms with Crippen LogP contribution < -0.4 is 4.90 Å². The van der Waals surface area contributed by atoms with E-state index in [2.05, 4.69) is 9.88 Å². The van der Waals surface area contributed by atoms with Crippen molar-refractivity contribution in [3.05, 3.63) is 23.0 Å². The number of halogens is 1. The van der Waals surface area contributed by atoms with Gasteiger partial charge in [0.25, 0.3) is 0 Å². The van der Waals surface area contributed by atoms with Crippen molar-refractivity contribution in [2.75, 3.05) is 24.7 Å². The van der Waals surface area contributed by atoms with Crippen LogP contribution in [0.5, 0.6) is 0 Å². The third kappa shape index (κ3) is 2.03. The van der Waals surface area contributed by atoms with Crippen LogP contribution in [-0.2, 0) is 16.0 Å². The lowest BCUT2D eigenvalue weighted by Crippen LogP contribution is -2.45. The standard InChI is InChI=1S/C12H13ClN2O2/c13-8-3-12-11(14-6-8)5-10(16)4-9-7-17-2-1-15(9)12/h3,6,9H,1-2,4-5,7H2.